The molecule has 2 atom stereocenters. The van der Waals surface area contributed by atoms with E-state index in [1.165, 1.54) is 10.9 Å². The molecule has 1 amide bonds. The monoisotopic (exact) mass is 611 g/mol. The first-order valence-electron chi connectivity index (χ1n) is 13.4. The molecule has 0 bridgehead atoms. The summed E-state index contributed by atoms with van der Waals surface area (Å²) in [7, 11) is 0. The van der Waals surface area contributed by atoms with Crippen molar-refractivity contribution in [3.8, 4) is 0 Å². The first-order chi connectivity index (χ1) is 20.4. The molecule has 0 unspecified atom stereocenters. The van der Waals surface area contributed by atoms with Crippen molar-refractivity contribution in [2.75, 3.05) is 45.8 Å². The molecule has 5 rings (SSSR count). The third kappa shape index (κ3) is 6.48. The van der Waals surface area contributed by atoms with E-state index in [2.05, 4.69) is 41.6 Å². The maximum atomic E-state index is 13.7. The lowest BCUT2D eigenvalue weighted by Gasteiger charge is -2.45. The number of hydrogen-bond donors (Lipinski definition) is 1. The van der Waals surface area contributed by atoms with Crippen molar-refractivity contribution >= 4 is 45.7 Å². The third-order valence-electron chi connectivity index (χ3n) is 7.85. The summed E-state index contributed by atoms with van der Waals surface area (Å²) in [6.45, 7) is 2.57. The molecule has 2 N–H and O–H groups in total. The highest BCUT2D eigenvalue weighted by Gasteiger charge is 2.37. The number of nitrogens with two attached hydrogens (primary N) is 1. The van der Waals surface area contributed by atoms with E-state index in [0.29, 0.717) is 32.7 Å². The highest BCUT2D eigenvalue weighted by atomic mass is 35.5. The van der Waals surface area contributed by atoms with Gasteiger partial charge in [-0.25, -0.2) is 4.79 Å². The summed E-state index contributed by atoms with van der Waals surface area (Å²) in [5, 5.41) is 8.62. The van der Waals surface area contributed by atoms with Gasteiger partial charge in [-0.1, -0.05) is 40.0 Å². The summed E-state index contributed by atoms with van der Waals surface area (Å²) < 4.78 is 3.03. The van der Waals surface area contributed by atoms with Crippen LogP contribution in [0, 0.1) is 0 Å². The van der Waals surface area contributed by atoms with Gasteiger partial charge in [-0.3, -0.25) is 14.6 Å². The molecule has 4 heterocycles. The van der Waals surface area contributed by atoms with Gasteiger partial charge in [0.1, 0.15) is 0 Å². The quantitative estimate of drug-likeness (QED) is 0.158. The standard InChI is InChI=1S/C26H30ClN11O3S/c27-24-6-5-19(42-24)13-38-22-4-2-1-3-20(22)21-7-8-36(14-23(21)38)25(39)15-35-11-17(9-31-33-28)37(16-26(40)41-30)18(12-35)10-32-34-29/h1-6,17-18H,7-16,30H2/t17-,18+. The number of para-hydroxylation sites is 1. The first kappa shape index (κ1) is 29.7. The minimum atomic E-state index is -0.666. The van der Waals surface area contributed by atoms with E-state index >= 15 is 0 Å². The lowest BCUT2D eigenvalue weighted by Crippen LogP contribution is -2.63. The number of rotatable bonds is 10. The Hall–Kier alpha value is -3.81. The van der Waals surface area contributed by atoms with Crippen LogP contribution in [-0.4, -0.2) is 89.0 Å². The SMILES string of the molecule is [N-]=[N+]=NC[C@@H]1CN(CC(=O)N2CCc3c(n(Cc4ccc(Cl)s4)c4ccccc34)C2)C[C@H](CN=[N+]=[N-])N1CC(=O)ON. The van der Waals surface area contributed by atoms with E-state index in [9.17, 15) is 9.59 Å². The van der Waals surface area contributed by atoms with Crippen molar-refractivity contribution < 1.29 is 14.4 Å². The van der Waals surface area contributed by atoms with Gasteiger partial charge in [0.15, 0.2) is 0 Å². The van der Waals surface area contributed by atoms with Crippen LogP contribution in [0.1, 0.15) is 16.1 Å². The Balaban J connectivity index is 1.35. The van der Waals surface area contributed by atoms with Gasteiger partial charge in [0.2, 0.25) is 5.91 Å². The Bertz CT molecular complexity index is 1530. The molecule has 220 valence electrons. The lowest BCUT2D eigenvalue weighted by atomic mass is 10.0. The summed E-state index contributed by atoms with van der Waals surface area (Å²) in [5.41, 5.74) is 21.4. The number of amides is 1. The molecule has 0 aliphatic carbocycles. The molecule has 1 fully saturated rings. The molecule has 1 saturated heterocycles. The minimum absolute atomic E-state index is 0.0310. The van der Waals surface area contributed by atoms with Gasteiger partial charge in [0.25, 0.3) is 0 Å². The summed E-state index contributed by atoms with van der Waals surface area (Å²) in [4.78, 5) is 42.5. The fourth-order valence-corrected chi connectivity index (χ4v) is 7.09. The number of fused-ring (bicyclic) bond motifs is 3. The Morgan fingerprint density at radius 1 is 1.07 bits per heavy atom. The van der Waals surface area contributed by atoms with E-state index < -0.39 is 18.1 Å². The van der Waals surface area contributed by atoms with Crippen LogP contribution in [0.4, 0.5) is 0 Å². The summed E-state index contributed by atoms with van der Waals surface area (Å²) in [6.07, 6.45) is 0.744. The zero-order chi connectivity index (χ0) is 29.6. The Morgan fingerprint density at radius 2 is 1.79 bits per heavy atom. The van der Waals surface area contributed by atoms with Crippen molar-refractivity contribution in [2.24, 2.45) is 16.1 Å². The number of benzene rings is 1. The van der Waals surface area contributed by atoms with Gasteiger partial charge in [-0.15, -0.1) is 11.3 Å². The van der Waals surface area contributed by atoms with Crippen LogP contribution in [0.25, 0.3) is 31.8 Å². The fraction of sp³-hybridized carbons (Fsp3) is 0.462. The van der Waals surface area contributed by atoms with Crippen molar-refractivity contribution in [2.45, 2.75) is 31.6 Å². The average molecular weight is 612 g/mol. The molecule has 0 spiro atoms. The van der Waals surface area contributed by atoms with Crippen LogP contribution >= 0.6 is 22.9 Å². The fourth-order valence-electron chi connectivity index (χ4n) is 6.01. The molecule has 14 nitrogen and oxygen atoms in total. The molecule has 2 aliphatic rings. The minimum Gasteiger partial charge on any atom is -0.372 e. The molecule has 0 radical (unpaired) electrons. The second-order valence-electron chi connectivity index (χ2n) is 10.3. The zero-order valence-electron chi connectivity index (χ0n) is 22.8. The van der Waals surface area contributed by atoms with E-state index in [4.69, 9.17) is 28.6 Å². The molecule has 16 heteroatoms. The maximum Gasteiger partial charge on any atom is 0.338 e. The van der Waals surface area contributed by atoms with E-state index in [0.717, 1.165) is 26.8 Å². The summed E-state index contributed by atoms with van der Waals surface area (Å²) in [6, 6.07) is 11.4. The number of hydrogen-bond acceptors (Lipinski definition) is 9. The van der Waals surface area contributed by atoms with Crippen molar-refractivity contribution in [3.05, 3.63) is 77.8 Å². The number of nitrogens with zero attached hydrogens (tertiary/aromatic N) is 10. The van der Waals surface area contributed by atoms with E-state index in [1.807, 2.05) is 34.1 Å². The van der Waals surface area contributed by atoms with Crippen molar-refractivity contribution in [1.29, 1.82) is 0 Å². The number of aromatic nitrogens is 1. The predicted molar refractivity (Wildman–Crippen MR) is 159 cm³/mol. The highest BCUT2D eigenvalue weighted by molar-refractivity contribution is 7.16. The van der Waals surface area contributed by atoms with Crippen LogP contribution in [0.15, 0.2) is 46.6 Å². The summed E-state index contributed by atoms with van der Waals surface area (Å²) >= 11 is 7.76. The number of carbonyl (C=O) groups is 2. The second-order valence-corrected chi connectivity index (χ2v) is 12.1. The molecule has 2 aliphatic heterocycles. The third-order valence-corrected chi connectivity index (χ3v) is 9.07. The van der Waals surface area contributed by atoms with Crippen LogP contribution in [-0.2, 0) is 33.9 Å². The van der Waals surface area contributed by atoms with E-state index in [1.54, 1.807) is 16.2 Å². The second kappa shape index (κ2) is 13.4. The largest absolute Gasteiger partial charge is 0.372 e. The Kier molecular flexibility index (Phi) is 9.50. The molecule has 1 aromatic carbocycles. The Labute approximate surface area is 250 Å². The number of piperazine rings is 1. The van der Waals surface area contributed by atoms with Gasteiger partial charge in [-0.2, -0.15) is 5.90 Å². The van der Waals surface area contributed by atoms with Crippen LogP contribution in [0.2, 0.25) is 4.34 Å². The van der Waals surface area contributed by atoms with Crippen LogP contribution in [0.3, 0.4) is 0 Å². The number of carbonyl (C=O) groups excluding carboxylic acids is 2. The molecular weight excluding hydrogens is 582 g/mol. The summed E-state index contributed by atoms with van der Waals surface area (Å²) in [5.74, 6) is 4.36. The van der Waals surface area contributed by atoms with Gasteiger partial charge in [-0.05, 0) is 41.2 Å². The highest BCUT2D eigenvalue weighted by Crippen LogP contribution is 2.33. The number of halogens is 1. The molecule has 2 aromatic heterocycles. The van der Waals surface area contributed by atoms with Gasteiger partial charge in [0.05, 0.1) is 30.5 Å². The van der Waals surface area contributed by atoms with Crippen molar-refractivity contribution in [1.82, 2.24) is 19.3 Å². The molecule has 0 saturated carbocycles. The zero-order valence-corrected chi connectivity index (χ0v) is 24.3. The number of thiophene rings is 1. The van der Waals surface area contributed by atoms with Gasteiger partial charge in [0, 0.05) is 76.1 Å². The molecule has 3 aromatic rings. The van der Waals surface area contributed by atoms with Gasteiger partial charge >= 0.3 is 5.97 Å². The Morgan fingerprint density at radius 3 is 2.43 bits per heavy atom. The predicted octanol–water partition coefficient (Wildman–Crippen LogP) is 3.68. The number of azide groups is 2. The van der Waals surface area contributed by atoms with E-state index in [-0.39, 0.29) is 32.1 Å². The van der Waals surface area contributed by atoms with Gasteiger partial charge < -0.3 is 14.3 Å². The average Bonchev–Trinajstić information content (AvgIpc) is 3.56. The normalized spacial score (nSPS) is 19.1. The molecule has 42 heavy (non-hydrogen) atoms. The topological polar surface area (TPSA) is 182 Å². The van der Waals surface area contributed by atoms with Crippen LogP contribution < -0.4 is 5.90 Å². The van der Waals surface area contributed by atoms with Crippen LogP contribution in [0.5, 0.6) is 0 Å². The smallest absolute Gasteiger partial charge is 0.338 e. The molecular formula is C26H30ClN11O3S. The van der Waals surface area contributed by atoms with Crippen molar-refractivity contribution in [3.63, 3.8) is 0 Å². The maximum absolute atomic E-state index is 13.7. The lowest BCUT2D eigenvalue weighted by molar-refractivity contribution is -0.148. The first-order valence-corrected chi connectivity index (χ1v) is 14.6.